The number of nitrogens with one attached hydrogen (secondary N) is 2. The Hall–Kier alpha value is -1.53. The van der Waals surface area contributed by atoms with Gasteiger partial charge in [-0.3, -0.25) is 9.80 Å². The van der Waals surface area contributed by atoms with Crippen molar-refractivity contribution in [2.45, 2.75) is 0 Å². The minimum Gasteiger partial charge on any atom is -0.375 e. The maximum atomic E-state index is 11.1. The Morgan fingerprint density at radius 3 is 3.08 bits per heavy atom. The van der Waals surface area contributed by atoms with Crippen LogP contribution in [-0.4, -0.2) is 27.8 Å². The number of fused-ring (bicyclic) bond motifs is 1. The Morgan fingerprint density at radius 2 is 2.42 bits per heavy atom. The van der Waals surface area contributed by atoms with Gasteiger partial charge in [0.05, 0.1) is 6.20 Å². The van der Waals surface area contributed by atoms with E-state index in [2.05, 4.69) is 10.9 Å². The van der Waals surface area contributed by atoms with Crippen LogP contribution >= 0.6 is 0 Å². The Bertz CT molecular complexity index is 273. The first kappa shape index (κ1) is 7.14. The zero-order valence-corrected chi connectivity index (χ0v) is 6.19. The third-order valence-electron chi connectivity index (χ3n) is 1.58. The summed E-state index contributed by atoms with van der Waals surface area (Å²) in [6.07, 6.45) is 4.54. The first-order valence-electron chi connectivity index (χ1n) is 3.44. The number of rotatable bonds is 1. The summed E-state index contributed by atoms with van der Waals surface area (Å²) in [6.45, 7) is -0.186. The van der Waals surface area contributed by atoms with Gasteiger partial charge in [-0.15, -0.1) is 5.53 Å². The largest absolute Gasteiger partial charge is 0.375 e. The fraction of sp³-hybridized carbons (Fsp3) is 0.167. The van der Waals surface area contributed by atoms with E-state index in [1.807, 2.05) is 0 Å². The van der Waals surface area contributed by atoms with Crippen LogP contribution in [0, 0.1) is 0 Å². The second-order valence-electron chi connectivity index (χ2n) is 2.38. The second kappa shape index (κ2) is 2.50. The molecule has 6 nitrogen and oxygen atoms in total. The van der Waals surface area contributed by atoms with Gasteiger partial charge in [-0.2, -0.15) is 0 Å². The number of hydrogen-bond donors (Lipinski definition) is 3. The number of aliphatic hydroxyl groups is 1. The first-order chi connectivity index (χ1) is 5.81. The quantitative estimate of drug-likeness (QED) is 0.440. The van der Waals surface area contributed by atoms with Gasteiger partial charge < -0.3 is 10.4 Å². The number of hydrazine groups is 2. The molecule has 6 heteroatoms. The highest BCUT2D eigenvalue weighted by Gasteiger charge is 2.26. The molecule has 2 heterocycles. The molecule has 0 aromatic heterocycles. The molecule has 0 aromatic rings. The third-order valence-corrected chi connectivity index (χ3v) is 1.58. The van der Waals surface area contributed by atoms with Crippen LogP contribution < -0.4 is 10.9 Å². The van der Waals surface area contributed by atoms with E-state index in [9.17, 15) is 4.79 Å². The fourth-order valence-corrected chi connectivity index (χ4v) is 1.03. The summed E-state index contributed by atoms with van der Waals surface area (Å²) in [5.41, 5.74) is 2.65. The normalized spacial score (nSPS) is 20.8. The maximum Gasteiger partial charge on any atom is 0.269 e. The second-order valence-corrected chi connectivity index (χ2v) is 2.38. The van der Waals surface area contributed by atoms with E-state index >= 15 is 0 Å². The molecular weight excluding hydrogens is 160 g/mol. The topological polar surface area (TPSA) is 67.8 Å². The molecule has 0 atom stereocenters. The maximum absolute atomic E-state index is 11.1. The minimum atomic E-state index is -0.186. The summed E-state index contributed by atoms with van der Waals surface area (Å²) in [5.74, 6) is 0.438. The van der Waals surface area contributed by atoms with Gasteiger partial charge in [0.25, 0.3) is 5.91 Å². The summed E-state index contributed by atoms with van der Waals surface area (Å²) >= 11 is 0. The lowest BCUT2D eigenvalue weighted by Gasteiger charge is -2.22. The van der Waals surface area contributed by atoms with Crippen molar-refractivity contribution in [1.82, 2.24) is 20.9 Å². The molecule has 0 aromatic carbocycles. The lowest BCUT2D eigenvalue weighted by molar-refractivity contribution is -0.130. The summed E-state index contributed by atoms with van der Waals surface area (Å²) in [7, 11) is 0. The highest BCUT2D eigenvalue weighted by Crippen LogP contribution is 2.11. The summed E-state index contributed by atoms with van der Waals surface area (Å²) in [5, 5.41) is 14.3. The molecule has 0 bridgehead atoms. The molecule has 64 valence electrons. The van der Waals surface area contributed by atoms with Crippen molar-refractivity contribution in [3.05, 3.63) is 24.3 Å². The fourth-order valence-electron chi connectivity index (χ4n) is 1.03. The first-order valence-corrected chi connectivity index (χ1v) is 3.44. The standard InChI is InChI=1S/C6H8N4O2/c11-4-9-3-5-7-2-1-6(12)10(5)8-9/h1-3,7-8,11H,4H2. The van der Waals surface area contributed by atoms with E-state index in [1.54, 1.807) is 12.4 Å². The van der Waals surface area contributed by atoms with Gasteiger partial charge in [-0.05, 0) is 0 Å². The lowest BCUT2D eigenvalue weighted by atomic mass is 10.4. The van der Waals surface area contributed by atoms with Crippen LogP contribution in [-0.2, 0) is 4.79 Å². The molecule has 0 saturated carbocycles. The molecule has 2 aliphatic heterocycles. The van der Waals surface area contributed by atoms with E-state index in [-0.39, 0.29) is 12.6 Å². The van der Waals surface area contributed by atoms with Gasteiger partial charge >= 0.3 is 0 Å². The molecule has 12 heavy (non-hydrogen) atoms. The monoisotopic (exact) mass is 168 g/mol. The zero-order chi connectivity index (χ0) is 8.55. The van der Waals surface area contributed by atoms with Crippen LogP contribution in [0.2, 0.25) is 0 Å². The van der Waals surface area contributed by atoms with Crippen LogP contribution in [0.15, 0.2) is 24.3 Å². The number of carbonyl (C=O) groups is 1. The van der Waals surface area contributed by atoms with Crippen LogP contribution in [0.25, 0.3) is 0 Å². The molecule has 0 aliphatic carbocycles. The van der Waals surface area contributed by atoms with Crippen molar-refractivity contribution in [3.8, 4) is 0 Å². The molecule has 0 spiro atoms. The van der Waals surface area contributed by atoms with Crippen LogP contribution in [0.4, 0.5) is 0 Å². The predicted molar refractivity (Wildman–Crippen MR) is 39.3 cm³/mol. The zero-order valence-electron chi connectivity index (χ0n) is 6.19. The summed E-state index contributed by atoms with van der Waals surface area (Å²) in [6, 6.07) is 0. The van der Waals surface area contributed by atoms with Gasteiger partial charge in [0, 0.05) is 12.3 Å². The highest BCUT2D eigenvalue weighted by atomic mass is 16.3. The molecule has 2 aliphatic rings. The number of nitrogens with zero attached hydrogens (tertiary/aromatic N) is 2. The van der Waals surface area contributed by atoms with Crippen molar-refractivity contribution >= 4 is 5.91 Å². The van der Waals surface area contributed by atoms with Crippen LogP contribution in [0.3, 0.4) is 0 Å². The summed E-state index contributed by atoms with van der Waals surface area (Å²) < 4.78 is 0. The molecule has 0 radical (unpaired) electrons. The molecule has 3 N–H and O–H groups in total. The Morgan fingerprint density at radius 1 is 1.58 bits per heavy atom. The van der Waals surface area contributed by atoms with Crippen molar-refractivity contribution in [2.24, 2.45) is 0 Å². The van der Waals surface area contributed by atoms with Gasteiger partial charge in [-0.1, -0.05) is 0 Å². The van der Waals surface area contributed by atoms with Gasteiger partial charge in [-0.25, -0.2) is 5.01 Å². The Kier molecular flexibility index (Phi) is 1.49. The molecule has 2 rings (SSSR count). The number of hydrogen-bond acceptors (Lipinski definition) is 5. The Balaban J connectivity index is 2.21. The minimum absolute atomic E-state index is 0.170. The molecule has 0 saturated heterocycles. The van der Waals surface area contributed by atoms with E-state index < -0.39 is 0 Å². The van der Waals surface area contributed by atoms with Crippen LogP contribution in [0.5, 0.6) is 0 Å². The lowest BCUT2D eigenvalue weighted by Crippen LogP contribution is -2.46. The number of aliphatic hydroxyl groups excluding tert-OH is 1. The van der Waals surface area contributed by atoms with Gasteiger partial charge in [0.1, 0.15) is 12.6 Å². The average molecular weight is 168 g/mol. The molecule has 1 amide bonds. The highest BCUT2D eigenvalue weighted by molar-refractivity contribution is 5.89. The van der Waals surface area contributed by atoms with Crippen molar-refractivity contribution in [1.29, 1.82) is 0 Å². The molecular formula is C6H8N4O2. The van der Waals surface area contributed by atoms with Gasteiger partial charge in [0.2, 0.25) is 0 Å². The van der Waals surface area contributed by atoms with Crippen molar-refractivity contribution in [3.63, 3.8) is 0 Å². The average Bonchev–Trinajstić information content (AvgIpc) is 2.49. The summed E-state index contributed by atoms with van der Waals surface area (Å²) in [4.78, 5) is 11.1. The number of amides is 1. The van der Waals surface area contributed by atoms with Crippen molar-refractivity contribution < 1.29 is 9.90 Å². The Labute approximate surface area is 68.7 Å². The van der Waals surface area contributed by atoms with Gasteiger partial charge in [0.15, 0.2) is 0 Å². The van der Waals surface area contributed by atoms with E-state index in [4.69, 9.17) is 5.11 Å². The molecule has 0 unspecified atom stereocenters. The van der Waals surface area contributed by atoms with E-state index in [1.165, 1.54) is 16.1 Å². The van der Waals surface area contributed by atoms with Crippen molar-refractivity contribution in [2.75, 3.05) is 6.73 Å². The third kappa shape index (κ3) is 0.936. The SMILES string of the molecule is O=C1C=CNC2=CN(CO)NN12. The smallest absolute Gasteiger partial charge is 0.269 e. The van der Waals surface area contributed by atoms with Crippen LogP contribution in [0.1, 0.15) is 0 Å². The number of carbonyl (C=O) groups excluding carboxylic acids is 1. The van der Waals surface area contributed by atoms with E-state index in [0.717, 1.165) is 0 Å². The predicted octanol–water partition coefficient (Wildman–Crippen LogP) is -1.58. The van der Waals surface area contributed by atoms with E-state index in [0.29, 0.717) is 5.82 Å². The molecule has 0 fully saturated rings.